The van der Waals surface area contributed by atoms with E-state index in [2.05, 4.69) is 62.6 Å². The minimum Gasteiger partial charge on any atom is -0.355 e. The molecule has 2 atom stereocenters. The van der Waals surface area contributed by atoms with Gasteiger partial charge >= 0.3 is 0 Å². The summed E-state index contributed by atoms with van der Waals surface area (Å²) in [4.78, 5) is 12.3. The molecule has 0 aromatic heterocycles. The summed E-state index contributed by atoms with van der Waals surface area (Å²) in [6, 6.07) is 9.03. The maximum absolute atomic E-state index is 12.3. The lowest BCUT2D eigenvalue weighted by atomic mass is 9.84. The molecule has 1 heterocycles. The van der Waals surface area contributed by atoms with E-state index in [9.17, 15) is 4.79 Å². The van der Waals surface area contributed by atoms with Crippen LogP contribution in [0.25, 0.3) is 0 Å². The van der Waals surface area contributed by atoms with Gasteiger partial charge in [0, 0.05) is 23.9 Å². The van der Waals surface area contributed by atoms with E-state index >= 15 is 0 Å². The van der Waals surface area contributed by atoms with Gasteiger partial charge in [0.2, 0.25) is 5.91 Å². The van der Waals surface area contributed by atoms with Gasteiger partial charge in [-0.1, -0.05) is 43.7 Å². The SMILES string of the molecule is Cc1ccc(C(C)(C)CNC(=O)[C@H]2CCN[C@@H](C)C2)cc1.Cl. The van der Waals surface area contributed by atoms with Crippen LogP contribution in [0.1, 0.15) is 44.7 Å². The van der Waals surface area contributed by atoms with Gasteiger partial charge in [-0.3, -0.25) is 4.79 Å². The zero-order valence-corrected chi connectivity index (χ0v) is 14.9. The summed E-state index contributed by atoms with van der Waals surface area (Å²) in [5.41, 5.74) is 2.50. The largest absolute Gasteiger partial charge is 0.355 e. The molecular weight excluding hydrogens is 296 g/mol. The molecule has 0 aliphatic carbocycles. The first-order valence-corrected chi connectivity index (χ1v) is 7.97. The fourth-order valence-corrected chi connectivity index (χ4v) is 2.93. The topological polar surface area (TPSA) is 41.1 Å². The molecule has 1 aromatic rings. The predicted molar refractivity (Wildman–Crippen MR) is 94.7 cm³/mol. The van der Waals surface area contributed by atoms with Gasteiger partial charge in [-0.2, -0.15) is 0 Å². The Kier molecular flexibility index (Phi) is 6.89. The summed E-state index contributed by atoms with van der Waals surface area (Å²) in [6.45, 7) is 10.2. The van der Waals surface area contributed by atoms with E-state index in [0.717, 1.165) is 19.4 Å². The molecule has 1 amide bonds. The molecule has 0 saturated carbocycles. The zero-order chi connectivity index (χ0) is 15.5. The number of nitrogens with one attached hydrogen (secondary N) is 2. The van der Waals surface area contributed by atoms with Gasteiger partial charge in [-0.25, -0.2) is 0 Å². The van der Waals surface area contributed by atoms with Crippen LogP contribution in [0, 0.1) is 12.8 Å². The number of carbonyl (C=O) groups excluding carboxylic acids is 1. The molecule has 1 aliphatic heterocycles. The third-order valence-electron chi connectivity index (χ3n) is 4.53. The van der Waals surface area contributed by atoms with Gasteiger partial charge in [0.25, 0.3) is 0 Å². The maximum Gasteiger partial charge on any atom is 0.223 e. The van der Waals surface area contributed by atoms with Crippen LogP contribution < -0.4 is 10.6 Å². The molecular formula is C18H29ClN2O. The Labute approximate surface area is 140 Å². The summed E-state index contributed by atoms with van der Waals surface area (Å²) in [7, 11) is 0. The Morgan fingerprint density at radius 3 is 2.55 bits per heavy atom. The van der Waals surface area contributed by atoms with Crippen LogP contribution in [0.2, 0.25) is 0 Å². The molecule has 4 heteroatoms. The van der Waals surface area contributed by atoms with Crippen molar-refractivity contribution < 1.29 is 4.79 Å². The number of benzene rings is 1. The van der Waals surface area contributed by atoms with Crippen molar-refractivity contribution in [1.82, 2.24) is 10.6 Å². The second-order valence-electron chi connectivity index (χ2n) is 7.04. The van der Waals surface area contributed by atoms with Gasteiger partial charge in [0.05, 0.1) is 0 Å². The zero-order valence-electron chi connectivity index (χ0n) is 14.1. The van der Waals surface area contributed by atoms with Crippen LogP contribution >= 0.6 is 12.4 Å². The fourth-order valence-electron chi connectivity index (χ4n) is 2.93. The highest BCUT2D eigenvalue weighted by Gasteiger charge is 2.27. The molecule has 0 unspecified atom stereocenters. The van der Waals surface area contributed by atoms with Crippen molar-refractivity contribution in [1.29, 1.82) is 0 Å². The van der Waals surface area contributed by atoms with E-state index in [4.69, 9.17) is 0 Å². The third kappa shape index (κ3) is 4.99. The Balaban J connectivity index is 0.00000242. The average molecular weight is 325 g/mol. The first-order valence-electron chi connectivity index (χ1n) is 7.97. The maximum atomic E-state index is 12.3. The predicted octanol–water partition coefficient (Wildman–Crippen LogP) is 3.20. The summed E-state index contributed by atoms with van der Waals surface area (Å²) in [5, 5.41) is 6.55. The lowest BCUT2D eigenvalue weighted by molar-refractivity contribution is -0.126. The van der Waals surface area contributed by atoms with Crippen molar-refractivity contribution in [2.75, 3.05) is 13.1 Å². The summed E-state index contributed by atoms with van der Waals surface area (Å²) in [5.74, 6) is 0.374. The molecule has 2 rings (SSSR count). The molecule has 1 saturated heterocycles. The first kappa shape index (κ1) is 19.0. The number of rotatable bonds is 4. The van der Waals surface area contributed by atoms with Crippen LogP contribution in [0.15, 0.2) is 24.3 Å². The van der Waals surface area contributed by atoms with Crippen LogP contribution in [0.5, 0.6) is 0 Å². The van der Waals surface area contributed by atoms with Crippen LogP contribution in [0.3, 0.4) is 0 Å². The number of carbonyl (C=O) groups is 1. The summed E-state index contributed by atoms with van der Waals surface area (Å²) >= 11 is 0. The highest BCUT2D eigenvalue weighted by molar-refractivity contribution is 5.85. The Bertz CT molecular complexity index is 484. The lowest BCUT2D eigenvalue weighted by Gasteiger charge is -2.30. The van der Waals surface area contributed by atoms with Crippen molar-refractivity contribution in [3.63, 3.8) is 0 Å². The molecule has 1 aromatic carbocycles. The number of aryl methyl sites for hydroxylation is 1. The van der Waals surface area contributed by atoms with Crippen molar-refractivity contribution in [2.45, 2.75) is 52.0 Å². The normalized spacial score (nSPS) is 21.8. The molecule has 1 aliphatic rings. The monoisotopic (exact) mass is 324 g/mol. The molecule has 124 valence electrons. The van der Waals surface area contributed by atoms with E-state index in [0.29, 0.717) is 12.6 Å². The summed E-state index contributed by atoms with van der Waals surface area (Å²) in [6.07, 6.45) is 1.89. The molecule has 2 N–H and O–H groups in total. The van der Waals surface area contributed by atoms with Gasteiger partial charge < -0.3 is 10.6 Å². The van der Waals surface area contributed by atoms with Crippen molar-refractivity contribution in [3.8, 4) is 0 Å². The van der Waals surface area contributed by atoms with Crippen LogP contribution in [-0.2, 0) is 10.2 Å². The third-order valence-corrected chi connectivity index (χ3v) is 4.53. The number of amides is 1. The second kappa shape index (κ2) is 7.98. The van der Waals surface area contributed by atoms with Crippen LogP contribution in [0.4, 0.5) is 0 Å². The Morgan fingerprint density at radius 2 is 1.95 bits per heavy atom. The van der Waals surface area contributed by atoms with Gasteiger partial charge in [0.15, 0.2) is 0 Å². The Hall–Kier alpha value is -1.06. The molecule has 1 fully saturated rings. The lowest BCUT2D eigenvalue weighted by Crippen LogP contribution is -2.45. The van der Waals surface area contributed by atoms with Crippen LogP contribution in [-0.4, -0.2) is 25.0 Å². The van der Waals surface area contributed by atoms with E-state index < -0.39 is 0 Å². The van der Waals surface area contributed by atoms with Gasteiger partial charge in [-0.05, 0) is 38.8 Å². The molecule has 3 nitrogen and oxygen atoms in total. The van der Waals surface area contributed by atoms with Gasteiger partial charge in [0.1, 0.15) is 0 Å². The van der Waals surface area contributed by atoms with E-state index in [1.165, 1.54) is 11.1 Å². The minimum absolute atomic E-state index is 0. The molecule has 0 spiro atoms. The fraction of sp³-hybridized carbons (Fsp3) is 0.611. The minimum atomic E-state index is -0.0398. The highest BCUT2D eigenvalue weighted by atomic mass is 35.5. The van der Waals surface area contributed by atoms with E-state index in [1.54, 1.807) is 0 Å². The average Bonchev–Trinajstić information content (AvgIpc) is 2.45. The first-order chi connectivity index (χ1) is 9.88. The standard InChI is InChI=1S/C18H28N2O.ClH/c1-13-5-7-16(8-6-13)18(3,4)12-20-17(21)15-9-10-19-14(2)11-15;/h5-8,14-15,19H,9-12H2,1-4H3,(H,20,21);1H/t14-,15-;/m0./s1. The van der Waals surface area contributed by atoms with Crippen molar-refractivity contribution >= 4 is 18.3 Å². The summed E-state index contributed by atoms with van der Waals surface area (Å²) < 4.78 is 0. The molecule has 0 radical (unpaired) electrons. The van der Waals surface area contributed by atoms with Crippen molar-refractivity contribution in [2.24, 2.45) is 5.92 Å². The van der Waals surface area contributed by atoms with E-state index in [1.807, 2.05) is 0 Å². The van der Waals surface area contributed by atoms with Crippen molar-refractivity contribution in [3.05, 3.63) is 35.4 Å². The quantitative estimate of drug-likeness (QED) is 0.893. The van der Waals surface area contributed by atoms with E-state index in [-0.39, 0.29) is 29.6 Å². The number of piperidine rings is 1. The number of halogens is 1. The number of hydrogen-bond donors (Lipinski definition) is 2. The number of hydrogen-bond acceptors (Lipinski definition) is 2. The smallest absolute Gasteiger partial charge is 0.223 e. The highest BCUT2D eigenvalue weighted by Crippen LogP contribution is 2.23. The molecule has 22 heavy (non-hydrogen) atoms. The second-order valence-corrected chi connectivity index (χ2v) is 7.04. The van der Waals surface area contributed by atoms with Gasteiger partial charge in [-0.15, -0.1) is 12.4 Å². The Morgan fingerprint density at radius 1 is 1.32 bits per heavy atom. The molecule has 0 bridgehead atoms.